The minimum atomic E-state index is -0.0523. The molecule has 0 spiro atoms. The van der Waals surface area contributed by atoms with Gasteiger partial charge in [-0.2, -0.15) is 0 Å². The fraction of sp³-hybridized carbons (Fsp3) is 0.923. The van der Waals surface area contributed by atoms with E-state index in [2.05, 4.69) is 10.6 Å². The van der Waals surface area contributed by atoms with Gasteiger partial charge in [0, 0.05) is 20.2 Å². The number of amides is 1. The molecule has 2 rings (SSSR count). The second-order valence-electron chi connectivity index (χ2n) is 5.30. The molecule has 4 heteroatoms. The minimum absolute atomic E-state index is 0.0523. The van der Waals surface area contributed by atoms with Crippen LogP contribution in [0.3, 0.4) is 0 Å². The van der Waals surface area contributed by atoms with Gasteiger partial charge in [0.1, 0.15) is 0 Å². The van der Waals surface area contributed by atoms with Crippen LogP contribution in [0.1, 0.15) is 38.5 Å². The highest BCUT2D eigenvalue weighted by Crippen LogP contribution is 2.22. The predicted molar refractivity (Wildman–Crippen MR) is 66.8 cm³/mol. The van der Waals surface area contributed by atoms with Gasteiger partial charge in [0.25, 0.3) is 0 Å². The van der Waals surface area contributed by atoms with Crippen LogP contribution < -0.4 is 10.6 Å². The van der Waals surface area contributed by atoms with E-state index in [1.54, 1.807) is 7.11 Å². The topological polar surface area (TPSA) is 50.4 Å². The molecule has 0 aromatic heterocycles. The highest BCUT2D eigenvalue weighted by Gasteiger charge is 2.29. The van der Waals surface area contributed by atoms with E-state index < -0.39 is 0 Å². The van der Waals surface area contributed by atoms with Crippen LogP contribution in [0.25, 0.3) is 0 Å². The zero-order chi connectivity index (χ0) is 12.1. The van der Waals surface area contributed by atoms with Crippen LogP contribution in [0.15, 0.2) is 0 Å². The summed E-state index contributed by atoms with van der Waals surface area (Å²) in [7, 11) is 1.70. The summed E-state index contributed by atoms with van der Waals surface area (Å²) in [5, 5.41) is 6.29. The molecule has 17 heavy (non-hydrogen) atoms. The Labute approximate surface area is 103 Å². The van der Waals surface area contributed by atoms with Crippen LogP contribution in [0.5, 0.6) is 0 Å². The predicted octanol–water partition coefficient (Wildman–Crippen LogP) is 1.06. The summed E-state index contributed by atoms with van der Waals surface area (Å²) in [5.74, 6) is 0.849. The quantitative estimate of drug-likeness (QED) is 0.772. The van der Waals surface area contributed by atoms with Gasteiger partial charge in [-0.1, -0.05) is 19.3 Å². The Kier molecular flexibility index (Phi) is 4.80. The van der Waals surface area contributed by atoms with E-state index in [0.29, 0.717) is 5.92 Å². The van der Waals surface area contributed by atoms with Gasteiger partial charge in [0.05, 0.1) is 12.1 Å². The van der Waals surface area contributed by atoms with Crippen LogP contribution in [0, 0.1) is 5.92 Å². The second-order valence-corrected chi connectivity index (χ2v) is 5.30. The molecule has 2 aliphatic rings. The Bertz CT molecular complexity index is 252. The van der Waals surface area contributed by atoms with Gasteiger partial charge in [0.15, 0.2) is 0 Å². The van der Waals surface area contributed by atoms with E-state index in [1.165, 1.54) is 32.1 Å². The number of carbonyl (C=O) groups excluding carboxylic acids is 1. The van der Waals surface area contributed by atoms with Crippen LogP contribution >= 0.6 is 0 Å². The van der Waals surface area contributed by atoms with Crippen LogP contribution in [-0.4, -0.2) is 38.3 Å². The van der Waals surface area contributed by atoms with Gasteiger partial charge >= 0.3 is 0 Å². The molecule has 1 aliphatic heterocycles. The van der Waals surface area contributed by atoms with Crippen molar-refractivity contribution in [3.63, 3.8) is 0 Å². The molecular formula is C13H24N2O2. The molecule has 4 nitrogen and oxygen atoms in total. The summed E-state index contributed by atoms with van der Waals surface area (Å²) < 4.78 is 5.24. The Hall–Kier alpha value is -0.610. The molecule has 0 radical (unpaired) electrons. The number of hydrogen-bond donors (Lipinski definition) is 2. The molecule has 0 aromatic rings. The smallest absolute Gasteiger partial charge is 0.237 e. The first kappa shape index (κ1) is 12.8. The largest absolute Gasteiger partial charge is 0.380 e. The van der Waals surface area contributed by atoms with Crippen molar-refractivity contribution < 1.29 is 9.53 Å². The first-order valence-electron chi connectivity index (χ1n) is 6.83. The van der Waals surface area contributed by atoms with Crippen LogP contribution in [-0.2, 0) is 9.53 Å². The normalized spacial score (nSPS) is 30.4. The average Bonchev–Trinajstić information content (AvgIpc) is 2.86. The molecule has 1 aliphatic carbocycles. The third-order valence-corrected chi connectivity index (χ3v) is 4.03. The highest BCUT2D eigenvalue weighted by atomic mass is 16.5. The molecule has 2 unspecified atom stereocenters. The maximum Gasteiger partial charge on any atom is 0.237 e. The standard InChI is InChI=1S/C13H24N2O2/c1-17-11-7-12(14-9-11)13(16)15-8-10-5-3-2-4-6-10/h10-12,14H,2-9H2,1H3,(H,15,16). The zero-order valence-electron chi connectivity index (χ0n) is 10.7. The number of nitrogens with one attached hydrogen (secondary N) is 2. The van der Waals surface area contributed by atoms with Gasteiger partial charge in [-0.05, 0) is 25.2 Å². The first-order chi connectivity index (χ1) is 8.29. The van der Waals surface area contributed by atoms with E-state index in [9.17, 15) is 4.79 Å². The van der Waals surface area contributed by atoms with Gasteiger partial charge < -0.3 is 15.4 Å². The second kappa shape index (κ2) is 6.36. The maximum absolute atomic E-state index is 11.9. The molecule has 98 valence electrons. The molecular weight excluding hydrogens is 216 g/mol. The fourth-order valence-corrected chi connectivity index (χ4v) is 2.84. The molecule has 2 N–H and O–H groups in total. The molecule has 1 amide bonds. The highest BCUT2D eigenvalue weighted by molar-refractivity contribution is 5.82. The summed E-state index contributed by atoms with van der Waals surface area (Å²) in [4.78, 5) is 11.9. The van der Waals surface area contributed by atoms with Crippen molar-refractivity contribution >= 4 is 5.91 Å². The van der Waals surface area contributed by atoms with Crippen molar-refractivity contribution in [3.05, 3.63) is 0 Å². The number of hydrogen-bond acceptors (Lipinski definition) is 3. The van der Waals surface area contributed by atoms with Gasteiger partial charge in [-0.3, -0.25) is 4.79 Å². The van der Waals surface area contributed by atoms with Gasteiger partial charge in [-0.25, -0.2) is 0 Å². The Morgan fingerprint density at radius 2 is 2.12 bits per heavy atom. The van der Waals surface area contributed by atoms with Crippen LogP contribution in [0.2, 0.25) is 0 Å². The first-order valence-corrected chi connectivity index (χ1v) is 6.83. The van der Waals surface area contributed by atoms with Gasteiger partial charge in [-0.15, -0.1) is 0 Å². The average molecular weight is 240 g/mol. The van der Waals surface area contributed by atoms with Gasteiger partial charge in [0.2, 0.25) is 5.91 Å². The number of rotatable bonds is 4. The fourth-order valence-electron chi connectivity index (χ4n) is 2.84. The number of ether oxygens (including phenoxy) is 1. The molecule has 0 bridgehead atoms. The van der Waals surface area contributed by atoms with E-state index in [0.717, 1.165) is 19.5 Å². The number of carbonyl (C=O) groups is 1. The lowest BCUT2D eigenvalue weighted by atomic mass is 9.89. The third kappa shape index (κ3) is 3.68. The molecule has 2 atom stereocenters. The lowest BCUT2D eigenvalue weighted by molar-refractivity contribution is -0.123. The summed E-state index contributed by atoms with van der Waals surface area (Å²) >= 11 is 0. The molecule has 1 saturated heterocycles. The third-order valence-electron chi connectivity index (χ3n) is 4.03. The number of methoxy groups -OCH3 is 1. The van der Waals surface area contributed by atoms with Crippen molar-refractivity contribution in [1.29, 1.82) is 0 Å². The van der Waals surface area contributed by atoms with Crippen molar-refractivity contribution in [2.24, 2.45) is 5.92 Å². The Morgan fingerprint density at radius 1 is 1.35 bits per heavy atom. The maximum atomic E-state index is 11.9. The lowest BCUT2D eigenvalue weighted by Crippen LogP contribution is -2.42. The van der Waals surface area contributed by atoms with E-state index in [-0.39, 0.29) is 18.1 Å². The summed E-state index contributed by atoms with van der Waals surface area (Å²) in [6.07, 6.45) is 7.57. The van der Waals surface area contributed by atoms with E-state index in [1.807, 2.05) is 0 Å². The summed E-state index contributed by atoms with van der Waals surface area (Å²) in [5.41, 5.74) is 0. The van der Waals surface area contributed by atoms with E-state index in [4.69, 9.17) is 4.74 Å². The van der Waals surface area contributed by atoms with Crippen LogP contribution in [0.4, 0.5) is 0 Å². The van der Waals surface area contributed by atoms with Crippen molar-refractivity contribution in [3.8, 4) is 0 Å². The zero-order valence-corrected chi connectivity index (χ0v) is 10.7. The van der Waals surface area contributed by atoms with Crippen molar-refractivity contribution in [2.75, 3.05) is 20.2 Å². The Balaban J connectivity index is 1.66. The Morgan fingerprint density at radius 3 is 2.76 bits per heavy atom. The van der Waals surface area contributed by atoms with Crippen molar-refractivity contribution in [1.82, 2.24) is 10.6 Å². The summed E-state index contributed by atoms with van der Waals surface area (Å²) in [6.45, 7) is 1.65. The van der Waals surface area contributed by atoms with E-state index >= 15 is 0 Å². The molecule has 0 aromatic carbocycles. The minimum Gasteiger partial charge on any atom is -0.380 e. The molecule has 2 fully saturated rings. The SMILES string of the molecule is COC1CNC(C(=O)NCC2CCCCC2)C1. The monoisotopic (exact) mass is 240 g/mol. The lowest BCUT2D eigenvalue weighted by Gasteiger charge is -2.22. The molecule has 1 saturated carbocycles. The summed E-state index contributed by atoms with van der Waals surface area (Å²) in [6, 6.07) is -0.0523. The van der Waals surface area contributed by atoms with Crippen molar-refractivity contribution in [2.45, 2.75) is 50.7 Å². The molecule has 1 heterocycles.